The van der Waals surface area contributed by atoms with Gasteiger partial charge in [0.15, 0.2) is 35.1 Å². The molecule has 16 heteroatoms. The number of carbonyl (C=O) groups is 1. The Labute approximate surface area is 314 Å². The molecule has 0 bridgehead atoms. The first-order valence-electron chi connectivity index (χ1n) is 18.9. The Hall–Kier alpha value is -5.03. The van der Waals surface area contributed by atoms with Gasteiger partial charge in [-0.05, 0) is 50.0 Å². The zero-order valence-electron chi connectivity index (χ0n) is 31.0. The van der Waals surface area contributed by atoms with Crippen LogP contribution in [0.4, 0.5) is 10.6 Å². The molecule has 1 saturated heterocycles. The molecule has 2 aromatic carbocycles. The van der Waals surface area contributed by atoms with E-state index >= 15 is 0 Å². The van der Waals surface area contributed by atoms with Crippen LogP contribution in [0.2, 0.25) is 0 Å². The largest absolute Gasteiger partial charge is 0.387 e. The van der Waals surface area contributed by atoms with Gasteiger partial charge in [-0.2, -0.15) is 4.80 Å². The number of anilines is 1. The van der Waals surface area contributed by atoms with Crippen LogP contribution >= 0.6 is 0 Å². The monoisotopic (exact) mass is 738 g/mol. The third kappa shape index (κ3) is 8.21. The summed E-state index contributed by atoms with van der Waals surface area (Å²) in [4.78, 5) is 31.2. The first-order valence-corrected chi connectivity index (χ1v) is 18.9. The van der Waals surface area contributed by atoms with Gasteiger partial charge in [-0.3, -0.25) is 9.47 Å². The van der Waals surface area contributed by atoms with Crippen molar-refractivity contribution in [3.05, 3.63) is 89.8 Å². The quantitative estimate of drug-likeness (QED) is 0.105. The number of aryl methyl sites for hydroxylation is 1. The Morgan fingerprint density at radius 2 is 1.69 bits per heavy atom. The van der Waals surface area contributed by atoms with Gasteiger partial charge < -0.3 is 30.9 Å². The van der Waals surface area contributed by atoms with Crippen molar-refractivity contribution < 1.29 is 19.7 Å². The number of aliphatic hydroxyl groups excluding tert-OH is 2. The van der Waals surface area contributed by atoms with Crippen LogP contribution < -0.4 is 16.0 Å². The SMILES string of the molecule is CCn1nnc([C@H]2O[C@@H](n3cnc4c(NCC(c5ccccc5)c5ccccc5)nc(CNC(=O)NCCN(C(C)C)C5CCCC5)nc43)[C@@H](O)[C@@H]2O)n1. The lowest BCUT2D eigenvalue weighted by Crippen LogP contribution is -2.45. The molecule has 4 heterocycles. The van der Waals surface area contributed by atoms with E-state index in [2.05, 4.69) is 79.4 Å². The van der Waals surface area contributed by atoms with Crippen LogP contribution in [-0.2, 0) is 17.8 Å². The zero-order valence-corrected chi connectivity index (χ0v) is 31.0. The highest BCUT2D eigenvalue weighted by Crippen LogP contribution is 2.39. The summed E-state index contributed by atoms with van der Waals surface area (Å²) in [5.41, 5.74) is 3.05. The fraction of sp³-hybridized carbons (Fsp3) is 0.500. The van der Waals surface area contributed by atoms with Crippen molar-refractivity contribution in [2.24, 2.45) is 0 Å². The minimum absolute atomic E-state index is 0.0126. The van der Waals surface area contributed by atoms with Crippen molar-refractivity contribution in [3.63, 3.8) is 0 Å². The number of ether oxygens (including phenoxy) is 1. The van der Waals surface area contributed by atoms with Crippen LogP contribution in [-0.4, -0.2) is 105 Å². The van der Waals surface area contributed by atoms with Crippen molar-refractivity contribution in [3.8, 4) is 0 Å². The molecule has 1 aliphatic carbocycles. The molecular weight excluding hydrogens is 688 g/mol. The van der Waals surface area contributed by atoms with Gasteiger partial charge >= 0.3 is 6.03 Å². The van der Waals surface area contributed by atoms with E-state index in [1.54, 1.807) is 4.57 Å². The molecule has 4 atom stereocenters. The summed E-state index contributed by atoms with van der Waals surface area (Å²) in [5, 5.41) is 44.0. The van der Waals surface area contributed by atoms with Crippen molar-refractivity contribution in [2.45, 2.75) is 102 Å². The molecule has 2 amide bonds. The van der Waals surface area contributed by atoms with Crippen molar-refractivity contribution in [2.75, 3.05) is 25.0 Å². The number of rotatable bonds is 15. The second-order valence-electron chi connectivity index (χ2n) is 14.2. The first-order chi connectivity index (χ1) is 26.3. The maximum absolute atomic E-state index is 13.0. The fourth-order valence-corrected chi connectivity index (χ4v) is 7.57. The van der Waals surface area contributed by atoms with E-state index in [4.69, 9.17) is 14.7 Å². The number of nitrogens with one attached hydrogen (secondary N) is 3. The predicted octanol–water partition coefficient (Wildman–Crippen LogP) is 3.52. The van der Waals surface area contributed by atoms with Crippen molar-refractivity contribution in [1.82, 2.24) is 55.3 Å². The average Bonchev–Trinajstić information content (AvgIpc) is 4.02. The van der Waals surface area contributed by atoms with Gasteiger partial charge in [-0.1, -0.05) is 73.5 Å². The number of nitrogens with zero attached hydrogens (tertiary/aromatic N) is 9. The summed E-state index contributed by atoms with van der Waals surface area (Å²) in [6, 6.07) is 21.1. The standard InChI is InChI=1S/C38H50N12O4/c1-4-50-46-35(45-47-50)33-31(51)32(52)37(54-33)49-23-42-30-34(40-21-28(25-13-7-5-8-14-25)26-15-9-6-10-16-26)43-29(44-36(30)49)22-41-38(53)39-19-20-48(24(2)3)27-17-11-12-18-27/h5-10,13-16,23-24,27-28,31-33,37,51-52H,4,11-12,17-22H2,1-3H3,(H2,39,41,53)(H,40,43,44)/t31-,32-,33-,37+/m0/s1. The Morgan fingerprint density at radius 1 is 0.981 bits per heavy atom. The van der Waals surface area contributed by atoms with Gasteiger partial charge in [0.05, 0.1) is 19.4 Å². The summed E-state index contributed by atoms with van der Waals surface area (Å²) in [6.07, 6.45) is 1.65. The summed E-state index contributed by atoms with van der Waals surface area (Å²) in [5.74, 6) is 0.927. The number of tetrazole rings is 1. The Morgan fingerprint density at radius 3 is 2.33 bits per heavy atom. The normalized spacial score (nSPS) is 20.4. The smallest absolute Gasteiger partial charge is 0.315 e. The second kappa shape index (κ2) is 17.0. The Kier molecular flexibility index (Phi) is 11.7. The maximum atomic E-state index is 13.0. The number of aliphatic hydroxyl groups is 2. The van der Waals surface area contributed by atoms with Crippen LogP contribution in [0.1, 0.15) is 87.5 Å². The van der Waals surface area contributed by atoms with E-state index in [0.29, 0.717) is 54.5 Å². The number of fused-ring (bicyclic) bond motifs is 1. The van der Waals surface area contributed by atoms with Gasteiger partial charge in [-0.15, -0.1) is 10.2 Å². The molecular formula is C38H50N12O4. The van der Waals surface area contributed by atoms with Crippen LogP contribution in [0.25, 0.3) is 11.2 Å². The number of urea groups is 1. The Bertz CT molecular complexity index is 1930. The van der Waals surface area contributed by atoms with Gasteiger partial charge in [0.25, 0.3) is 0 Å². The van der Waals surface area contributed by atoms with E-state index in [1.807, 2.05) is 43.3 Å². The molecule has 0 radical (unpaired) electrons. The molecule has 3 aromatic heterocycles. The second-order valence-corrected chi connectivity index (χ2v) is 14.2. The van der Waals surface area contributed by atoms with E-state index in [0.717, 1.165) is 17.7 Å². The van der Waals surface area contributed by atoms with E-state index in [1.165, 1.54) is 36.8 Å². The highest BCUT2D eigenvalue weighted by molar-refractivity contribution is 5.83. The van der Waals surface area contributed by atoms with Gasteiger partial charge in [0.2, 0.25) is 5.82 Å². The highest BCUT2D eigenvalue weighted by Gasteiger charge is 2.47. The molecule has 286 valence electrons. The van der Waals surface area contributed by atoms with Crippen LogP contribution in [0.5, 0.6) is 0 Å². The number of imidazole rings is 1. The molecule has 0 unspecified atom stereocenters. The van der Waals surface area contributed by atoms with Gasteiger partial charge in [0, 0.05) is 37.6 Å². The summed E-state index contributed by atoms with van der Waals surface area (Å²) in [6.45, 7) is 8.56. The van der Waals surface area contributed by atoms with Crippen LogP contribution in [0.15, 0.2) is 67.0 Å². The lowest BCUT2D eigenvalue weighted by Gasteiger charge is -2.32. The van der Waals surface area contributed by atoms with Crippen LogP contribution in [0, 0.1) is 0 Å². The lowest BCUT2D eigenvalue weighted by atomic mass is 9.91. The van der Waals surface area contributed by atoms with Crippen molar-refractivity contribution >= 4 is 23.0 Å². The van der Waals surface area contributed by atoms with E-state index in [-0.39, 0.29) is 24.3 Å². The topological polar surface area (TPSA) is 193 Å². The summed E-state index contributed by atoms with van der Waals surface area (Å²) in [7, 11) is 0. The summed E-state index contributed by atoms with van der Waals surface area (Å²) < 4.78 is 7.74. The lowest BCUT2D eigenvalue weighted by molar-refractivity contribution is -0.0384. The third-order valence-electron chi connectivity index (χ3n) is 10.4. The number of amides is 2. The van der Waals surface area contributed by atoms with E-state index < -0.39 is 24.5 Å². The molecule has 2 aliphatic rings. The molecule has 5 N–H and O–H groups in total. The van der Waals surface area contributed by atoms with Crippen molar-refractivity contribution in [1.29, 1.82) is 0 Å². The molecule has 16 nitrogen and oxygen atoms in total. The molecule has 2 fully saturated rings. The van der Waals surface area contributed by atoms with E-state index in [9.17, 15) is 15.0 Å². The number of hydrogen-bond donors (Lipinski definition) is 5. The minimum Gasteiger partial charge on any atom is -0.387 e. The highest BCUT2D eigenvalue weighted by atomic mass is 16.6. The third-order valence-corrected chi connectivity index (χ3v) is 10.4. The number of benzene rings is 2. The fourth-order valence-electron chi connectivity index (χ4n) is 7.57. The molecule has 1 saturated carbocycles. The maximum Gasteiger partial charge on any atom is 0.315 e. The zero-order chi connectivity index (χ0) is 37.6. The molecule has 0 spiro atoms. The average molecular weight is 739 g/mol. The first kappa shape index (κ1) is 37.3. The summed E-state index contributed by atoms with van der Waals surface area (Å²) >= 11 is 0. The number of aromatic nitrogens is 8. The molecule has 1 aliphatic heterocycles. The molecule has 54 heavy (non-hydrogen) atoms. The number of hydrogen-bond acceptors (Lipinski definition) is 12. The van der Waals surface area contributed by atoms with Gasteiger partial charge in [-0.25, -0.2) is 19.7 Å². The van der Waals surface area contributed by atoms with Gasteiger partial charge in [0.1, 0.15) is 12.2 Å². The van der Waals surface area contributed by atoms with Crippen LogP contribution in [0.3, 0.4) is 0 Å². The number of carbonyl (C=O) groups excluding carboxylic acids is 1. The minimum atomic E-state index is -1.35. The molecule has 7 rings (SSSR count). The predicted molar refractivity (Wildman–Crippen MR) is 201 cm³/mol. The molecule has 5 aromatic rings. The Balaban J connectivity index is 1.13.